The van der Waals surface area contributed by atoms with Crippen molar-refractivity contribution in [2.45, 2.75) is 110 Å². The Kier molecular flexibility index (Phi) is 16.8. The van der Waals surface area contributed by atoms with E-state index < -0.39 is 134 Å². The maximum absolute atomic E-state index is 13.4. The topological polar surface area (TPSA) is 301 Å². The highest BCUT2D eigenvalue weighted by molar-refractivity contribution is 5.86. The number of Topliss-reactive ketones (excluding diaryl/α,β-unsaturated/α-hetero) is 1. The van der Waals surface area contributed by atoms with E-state index >= 15 is 0 Å². The molecule has 2 aliphatic heterocycles. The van der Waals surface area contributed by atoms with Crippen molar-refractivity contribution in [3.63, 3.8) is 0 Å². The fourth-order valence-corrected chi connectivity index (χ4v) is 7.54. The number of rotatable bonds is 17. The van der Waals surface area contributed by atoms with Gasteiger partial charge in [-0.2, -0.15) is 0 Å². The number of phenolic OH excluding ortho intramolecular Hbond substituents is 2. The van der Waals surface area contributed by atoms with Crippen LogP contribution >= 0.6 is 0 Å². The normalized spacial score (nSPS) is 24.6. The summed E-state index contributed by atoms with van der Waals surface area (Å²) in [5.74, 6) is -8.31. The molecule has 23 heteroatoms. The smallest absolute Gasteiger partial charge is 0.303 e. The molecule has 5 rings (SSSR count). The number of methoxy groups -OCH3 is 2. The van der Waals surface area contributed by atoms with E-state index in [2.05, 4.69) is 0 Å². The summed E-state index contributed by atoms with van der Waals surface area (Å²) in [5.41, 5.74) is -0.665. The number of carbonyl (C=O) groups is 7. The summed E-state index contributed by atoms with van der Waals surface area (Å²) in [6, 6.07) is 6.13. The number of esters is 6. The molecule has 0 spiro atoms. The van der Waals surface area contributed by atoms with Crippen molar-refractivity contribution in [1.29, 1.82) is 0 Å². The van der Waals surface area contributed by atoms with Crippen molar-refractivity contribution in [3.05, 3.63) is 40.6 Å². The standard InChI is InChI=1S/C44H50O23/c1-18(45)10-27-38(59-21(4)48)39(67-44-42(62-24(7)51)41(61-23(6)50)40(60-22(5)49)35(66-44)17-58-20(3)47)34(16-57-19(2)46)65-43(27)63-26-13-28(52)36-29(53)15-30(64-31(36)14-26)25-11-32(55-8)37(54)33(12-25)56-9/h11-15,27,34-35,38-44,52,54H,10,16-17H2,1-9H3/t27-,34-,35-,38-,39-,40-,41+,42-,43-,44?/m1/s1. The Hall–Kier alpha value is -6.98. The molecule has 0 amide bonds. The van der Waals surface area contributed by atoms with Crippen LogP contribution in [0.4, 0.5) is 0 Å². The van der Waals surface area contributed by atoms with Crippen molar-refractivity contribution in [1.82, 2.24) is 0 Å². The second-order valence-corrected chi connectivity index (χ2v) is 15.3. The van der Waals surface area contributed by atoms with Gasteiger partial charge in [-0.25, -0.2) is 0 Å². The van der Waals surface area contributed by atoms with Gasteiger partial charge in [0.2, 0.25) is 12.0 Å². The van der Waals surface area contributed by atoms with E-state index in [1.807, 2.05) is 0 Å². The van der Waals surface area contributed by atoms with E-state index in [4.69, 9.17) is 61.3 Å². The molecular formula is C44H50O23. The fourth-order valence-electron chi connectivity index (χ4n) is 7.54. The average molecular weight is 947 g/mol. The Balaban J connectivity index is 1.62. The van der Waals surface area contributed by atoms with E-state index in [0.29, 0.717) is 0 Å². The SMILES string of the molecule is COc1cc(-c2cc(=O)c3c(O)cc(O[C@@H]4O[C@H](COC(C)=O)[C@@H](OC5O[C@H](COC(C)=O)[C@@H](OC(C)=O)[C@H](OC(C)=O)[C@H]5OC(C)=O)[C@H](OC(C)=O)[C@H]4CC(C)=O)cc3o2)cc(OC)c1O. The Morgan fingerprint density at radius 2 is 1.10 bits per heavy atom. The minimum Gasteiger partial charge on any atom is -0.507 e. The molecule has 2 aromatic carbocycles. The van der Waals surface area contributed by atoms with Gasteiger partial charge in [0.15, 0.2) is 41.5 Å². The molecule has 10 atom stereocenters. The van der Waals surface area contributed by atoms with Gasteiger partial charge in [-0.05, 0) is 19.1 Å². The van der Waals surface area contributed by atoms with Gasteiger partial charge in [-0.3, -0.25) is 33.6 Å². The highest BCUT2D eigenvalue weighted by atomic mass is 16.8. The summed E-state index contributed by atoms with van der Waals surface area (Å²) in [4.78, 5) is 101. The van der Waals surface area contributed by atoms with Crippen LogP contribution in [0.15, 0.2) is 39.5 Å². The van der Waals surface area contributed by atoms with E-state index in [0.717, 1.165) is 53.7 Å². The van der Waals surface area contributed by atoms with Crippen LogP contribution in [-0.2, 0) is 76.2 Å². The number of ether oxygens (including phenoxy) is 12. The van der Waals surface area contributed by atoms with Gasteiger partial charge in [-0.1, -0.05) is 0 Å². The summed E-state index contributed by atoms with van der Waals surface area (Å²) in [6.45, 7) is 6.20. The van der Waals surface area contributed by atoms with Gasteiger partial charge in [-0.15, -0.1) is 0 Å². The molecule has 0 bridgehead atoms. The number of aromatic hydroxyl groups is 2. The molecule has 1 aromatic heterocycles. The number of hydrogen-bond donors (Lipinski definition) is 2. The lowest BCUT2D eigenvalue weighted by atomic mass is 9.86. The summed E-state index contributed by atoms with van der Waals surface area (Å²) in [5, 5.41) is 21.3. The molecule has 1 unspecified atom stereocenters. The van der Waals surface area contributed by atoms with Crippen molar-refractivity contribution < 1.29 is 105 Å². The van der Waals surface area contributed by atoms with Crippen LogP contribution in [0.3, 0.4) is 0 Å². The summed E-state index contributed by atoms with van der Waals surface area (Å²) in [6.07, 6.45) is -15.2. The highest BCUT2D eigenvalue weighted by Crippen LogP contribution is 2.42. The van der Waals surface area contributed by atoms with Crippen LogP contribution in [0.1, 0.15) is 54.9 Å². The number of fused-ring (bicyclic) bond motifs is 1. The van der Waals surface area contributed by atoms with Gasteiger partial charge in [0.1, 0.15) is 71.6 Å². The Morgan fingerprint density at radius 1 is 0.597 bits per heavy atom. The molecule has 3 aromatic rings. The number of ketones is 1. The first-order valence-corrected chi connectivity index (χ1v) is 20.4. The first-order chi connectivity index (χ1) is 31.6. The number of phenols is 2. The Morgan fingerprint density at radius 3 is 1.63 bits per heavy atom. The molecular weight excluding hydrogens is 896 g/mol. The zero-order chi connectivity index (χ0) is 49.4. The molecule has 0 aliphatic carbocycles. The predicted molar refractivity (Wildman–Crippen MR) is 221 cm³/mol. The van der Waals surface area contributed by atoms with E-state index in [1.54, 1.807) is 0 Å². The van der Waals surface area contributed by atoms with E-state index in [9.17, 15) is 48.6 Å². The van der Waals surface area contributed by atoms with Crippen molar-refractivity contribution in [3.8, 4) is 40.1 Å². The fraction of sp³-hybridized carbons (Fsp3) is 0.500. The monoisotopic (exact) mass is 946 g/mol. The maximum Gasteiger partial charge on any atom is 0.303 e. The molecule has 2 N–H and O–H groups in total. The van der Waals surface area contributed by atoms with Gasteiger partial charge in [0, 0.05) is 71.7 Å². The lowest BCUT2D eigenvalue weighted by Gasteiger charge is -2.49. The van der Waals surface area contributed by atoms with Crippen LogP contribution in [0.25, 0.3) is 22.3 Å². The zero-order valence-electron chi connectivity index (χ0n) is 37.7. The number of hydrogen-bond acceptors (Lipinski definition) is 23. The third kappa shape index (κ3) is 12.7. The molecule has 2 fully saturated rings. The molecule has 23 nitrogen and oxygen atoms in total. The molecule has 3 heterocycles. The molecule has 2 aliphatic rings. The second kappa shape index (κ2) is 22.0. The third-order valence-corrected chi connectivity index (χ3v) is 10.1. The van der Waals surface area contributed by atoms with Crippen LogP contribution < -0.4 is 19.6 Å². The summed E-state index contributed by atoms with van der Waals surface area (Å²) < 4.78 is 74.6. The highest BCUT2D eigenvalue weighted by Gasteiger charge is 2.57. The minimum atomic E-state index is -1.87. The molecule has 364 valence electrons. The Bertz CT molecular complexity index is 2400. The first kappa shape index (κ1) is 51.0. The van der Waals surface area contributed by atoms with Gasteiger partial charge < -0.3 is 76.3 Å². The quantitative estimate of drug-likeness (QED) is 0.145. The molecule has 0 radical (unpaired) electrons. The number of benzene rings is 2. The summed E-state index contributed by atoms with van der Waals surface area (Å²) in [7, 11) is 2.60. The van der Waals surface area contributed by atoms with E-state index in [-0.39, 0.29) is 45.3 Å². The zero-order valence-corrected chi connectivity index (χ0v) is 37.7. The van der Waals surface area contributed by atoms with Gasteiger partial charge in [0.25, 0.3) is 0 Å². The van der Waals surface area contributed by atoms with Crippen molar-refractivity contribution >= 4 is 52.6 Å². The lowest BCUT2D eigenvalue weighted by Crippen LogP contribution is -2.66. The van der Waals surface area contributed by atoms with Crippen molar-refractivity contribution in [2.75, 3.05) is 27.4 Å². The van der Waals surface area contributed by atoms with Crippen LogP contribution in [0.5, 0.6) is 28.7 Å². The molecule has 67 heavy (non-hydrogen) atoms. The minimum absolute atomic E-state index is 0.00918. The maximum atomic E-state index is 13.4. The van der Waals surface area contributed by atoms with Crippen LogP contribution in [-0.4, -0.2) is 135 Å². The van der Waals surface area contributed by atoms with E-state index in [1.165, 1.54) is 39.3 Å². The van der Waals surface area contributed by atoms with Crippen LogP contribution in [0.2, 0.25) is 0 Å². The second-order valence-electron chi connectivity index (χ2n) is 15.3. The lowest BCUT2D eigenvalue weighted by molar-refractivity contribution is -0.350. The molecule has 0 saturated carbocycles. The number of carbonyl (C=O) groups excluding carboxylic acids is 7. The van der Waals surface area contributed by atoms with Gasteiger partial charge >= 0.3 is 35.8 Å². The van der Waals surface area contributed by atoms with Gasteiger partial charge in [0.05, 0.1) is 20.1 Å². The summed E-state index contributed by atoms with van der Waals surface area (Å²) >= 11 is 0. The largest absolute Gasteiger partial charge is 0.507 e. The third-order valence-electron chi connectivity index (χ3n) is 10.1. The van der Waals surface area contributed by atoms with Crippen molar-refractivity contribution in [2.24, 2.45) is 5.92 Å². The Labute approximate surface area is 381 Å². The predicted octanol–water partition coefficient (Wildman–Crippen LogP) is 2.55. The average Bonchev–Trinajstić information content (AvgIpc) is 3.22. The first-order valence-electron chi connectivity index (χ1n) is 20.4. The van der Waals surface area contributed by atoms with Crippen LogP contribution in [0, 0.1) is 5.92 Å². The molecule has 2 saturated heterocycles.